The van der Waals surface area contributed by atoms with Crippen LogP contribution in [0.25, 0.3) is 10.8 Å². The minimum atomic E-state index is -0.641. The Morgan fingerprint density at radius 3 is 2.79 bits per heavy atom. The van der Waals surface area contributed by atoms with Gasteiger partial charge in [-0.05, 0) is 55.4 Å². The molecule has 0 amide bonds. The van der Waals surface area contributed by atoms with Crippen molar-refractivity contribution in [1.82, 2.24) is 9.88 Å². The number of unbranched alkanes of at least 4 members (excludes halogenated alkanes) is 1. The van der Waals surface area contributed by atoms with Gasteiger partial charge < -0.3 is 5.11 Å². The molecule has 0 spiro atoms. The molecule has 0 radical (unpaired) electrons. The SMILES string of the molecule is CCCCC(c1ccc2cnccc2c1)N1CCC(C(=O)O)CC1. The lowest BCUT2D eigenvalue weighted by Gasteiger charge is -2.37. The molecule has 1 atom stereocenters. The summed E-state index contributed by atoms with van der Waals surface area (Å²) < 4.78 is 0. The summed E-state index contributed by atoms with van der Waals surface area (Å²) in [6.45, 7) is 3.97. The second-order valence-electron chi connectivity index (χ2n) is 6.79. The first kappa shape index (κ1) is 16.9. The van der Waals surface area contributed by atoms with E-state index in [-0.39, 0.29) is 5.92 Å². The molecule has 4 heteroatoms. The Kier molecular flexibility index (Phi) is 5.46. The van der Waals surface area contributed by atoms with E-state index in [4.69, 9.17) is 0 Å². The lowest BCUT2D eigenvalue weighted by atomic mass is 9.92. The number of carboxylic acid groups (broad SMARTS) is 1. The first-order chi connectivity index (χ1) is 11.7. The van der Waals surface area contributed by atoms with E-state index in [0.29, 0.717) is 6.04 Å². The van der Waals surface area contributed by atoms with E-state index >= 15 is 0 Å². The first-order valence-electron chi connectivity index (χ1n) is 8.99. The normalized spacial score (nSPS) is 17.9. The zero-order valence-corrected chi connectivity index (χ0v) is 14.3. The van der Waals surface area contributed by atoms with Crippen molar-refractivity contribution in [2.45, 2.75) is 45.1 Å². The van der Waals surface area contributed by atoms with Crippen molar-refractivity contribution in [3.8, 4) is 0 Å². The summed E-state index contributed by atoms with van der Waals surface area (Å²) in [6, 6.07) is 9.10. The molecule has 24 heavy (non-hydrogen) atoms. The molecule has 1 fully saturated rings. The number of aromatic nitrogens is 1. The fourth-order valence-electron chi connectivity index (χ4n) is 3.72. The van der Waals surface area contributed by atoms with Crippen LogP contribution < -0.4 is 0 Å². The van der Waals surface area contributed by atoms with Gasteiger partial charge in [-0.15, -0.1) is 0 Å². The lowest BCUT2D eigenvalue weighted by Crippen LogP contribution is -2.38. The number of pyridine rings is 1. The van der Waals surface area contributed by atoms with Gasteiger partial charge in [0.05, 0.1) is 5.92 Å². The van der Waals surface area contributed by atoms with Gasteiger partial charge >= 0.3 is 5.97 Å². The van der Waals surface area contributed by atoms with E-state index in [1.54, 1.807) is 0 Å². The summed E-state index contributed by atoms with van der Waals surface area (Å²) in [4.78, 5) is 17.9. The zero-order valence-electron chi connectivity index (χ0n) is 14.3. The van der Waals surface area contributed by atoms with Crippen LogP contribution in [0.5, 0.6) is 0 Å². The summed E-state index contributed by atoms with van der Waals surface area (Å²) in [5.74, 6) is -0.811. The van der Waals surface area contributed by atoms with E-state index < -0.39 is 5.97 Å². The Balaban J connectivity index is 1.81. The molecule has 1 aliphatic heterocycles. The van der Waals surface area contributed by atoms with Gasteiger partial charge in [-0.25, -0.2) is 0 Å². The highest BCUT2D eigenvalue weighted by Crippen LogP contribution is 2.32. The van der Waals surface area contributed by atoms with Gasteiger partial charge in [0.2, 0.25) is 0 Å². The third kappa shape index (κ3) is 3.75. The number of rotatable bonds is 6. The van der Waals surface area contributed by atoms with E-state index in [0.717, 1.165) is 32.4 Å². The van der Waals surface area contributed by atoms with E-state index in [2.05, 4.69) is 41.1 Å². The van der Waals surface area contributed by atoms with Crippen LogP contribution in [-0.4, -0.2) is 34.0 Å². The molecule has 128 valence electrons. The monoisotopic (exact) mass is 326 g/mol. The number of hydrogen-bond donors (Lipinski definition) is 1. The van der Waals surface area contributed by atoms with Crippen molar-refractivity contribution < 1.29 is 9.90 Å². The van der Waals surface area contributed by atoms with Crippen LogP contribution in [-0.2, 0) is 4.79 Å². The number of likely N-dealkylation sites (tertiary alicyclic amines) is 1. The standard InChI is InChI=1S/C20H26N2O2/c1-2-3-4-19(22-11-8-15(9-12-22)20(23)24)17-5-6-18-14-21-10-7-16(18)13-17/h5-7,10,13-15,19H,2-4,8-9,11-12H2,1H3,(H,23,24). The summed E-state index contributed by atoms with van der Waals surface area (Å²) in [5, 5.41) is 11.6. The van der Waals surface area contributed by atoms with Gasteiger partial charge in [-0.2, -0.15) is 0 Å². The zero-order chi connectivity index (χ0) is 16.9. The number of piperidine rings is 1. The third-order valence-corrected chi connectivity index (χ3v) is 5.20. The third-order valence-electron chi connectivity index (χ3n) is 5.20. The second kappa shape index (κ2) is 7.75. The number of carboxylic acids is 1. The molecule has 1 aliphatic rings. The molecule has 2 heterocycles. The van der Waals surface area contributed by atoms with E-state index in [1.165, 1.54) is 29.2 Å². The first-order valence-corrected chi connectivity index (χ1v) is 8.99. The average Bonchev–Trinajstić information content (AvgIpc) is 2.62. The Morgan fingerprint density at radius 1 is 1.29 bits per heavy atom. The molecular weight excluding hydrogens is 300 g/mol. The lowest BCUT2D eigenvalue weighted by molar-refractivity contribution is -0.143. The summed E-state index contributed by atoms with van der Waals surface area (Å²) in [5.41, 5.74) is 1.34. The quantitative estimate of drug-likeness (QED) is 0.861. The van der Waals surface area contributed by atoms with Crippen molar-refractivity contribution in [3.63, 3.8) is 0 Å². The summed E-state index contributed by atoms with van der Waals surface area (Å²) in [6.07, 6.45) is 8.76. The average molecular weight is 326 g/mol. The van der Waals surface area contributed by atoms with Crippen molar-refractivity contribution in [2.75, 3.05) is 13.1 Å². The number of hydrogen-bond acceptors (Lipinski definition) is 3. The van der Waals surface area contributed by atoms with Crippen LogP contribution in [0.3, 0.4) is 0 Å². The molecule has 1 N–H and O–H groups in total. The molecule has 0 bridgehead atoms. The molecule has 0 saturated carbocycles. The maximum Gasteiger partial charge on any atom is 0.306 e. The van der Waals surface area contributed by atoms with Crippen LogP contribution in [0.2, 0.25) is 0 Å². The number of nitrogens with zero attached hydrogens (tertiary/aromatic N) is 2. The van der Waals surface area contributed by atoms with Gasteiger partial charge in [0.15, 0.2) is 0 Å². The van der Waals surface area contributed by atoms with Crippen molar-refractivity contribution in [1.29, 1.82) is 0 Å². The van der Waals surface area contributed by atoms with Gasteiger partial charge in [0, 0.05) is 23.8 Å². The highest BCUT2D eigenvalue weighted by Gasteiger charge is 2.29. The molecule has 0 aliphatic carbocycles. The molecule has 1 aromatic carbocycles. The van der Waals surface area contributed by atoms with Crippen LogP contribution in [0.1, 0.15) is 50.6 Å². The van der Waals surface area contributed by atoms with Crippen LogP contribution in [0.4, 0.5) is 0 Å². The molecule has 3 rings (SSSR count). The van der Waals surface area contributed by atoms with Crippen LogP contribution in [0, 0.1) is 5.92 Å². The van der Waals surface area contributed by atoms with Gasteiger partial charge in [0.25, 0.3) is 0 Å². The Hall–Kier alpha value is -1.94. The van der Waals surface area contributed by atoms with Crippen molar-refractivity contribution >= 4 is 16.7 Å². The van der Waals surface area contributed by atoms with Crippen molar-refractivity contribution in [3.05, 3.63) is 42.2 Å². The molecule has 1 aromatic heterocycles. The topological polar surface area (TPSA) is 53.4 Å². The maximum atomic E-state index is 11.2. The van der Waals surface area contributed by atoms with Gasteiger partial charge in [0.1, 0.15) is 0 Å². The molecule has 2 aromatic rings. The maximum absolute atomic E-state index is 11.2. The smallest absolute Gasteiger partial charge is 0.306 e. The molecule has 4 nitrogen and oxygen atoms in total. The highest BCUT2D eigenvalue weighted by atomic mass is 16.4. The number of aliphatic carboxylic acids is 1. The fourth-order valence-corrected chi connectivity index (χ4v) is 3.72. The predicted molar refractivity (Wildman–Crippen MR) is 95.9 cm³/mol. The minimum absolute atomic E-state index is 0.171. The minimum Gasteiger partial charge on any atom is -0.481 e. The summed E-state index contributed by atoms with van der Waals surface area (Å²) in [7, 11) is 0. The molecule has 1 unspecified atom stereocenters. The largest absolute Gasteiger partial charge is 0.481 e. The summed E-state index contributed by atoms with van der Waals surface area (Å²) >= 11 is 0. The number of benzene rings is 1. The van der Waals surface area contributed by atoms with Crippen LogP contribution in [0.15, 0.2) is 36.7 Å². The highest BCUT2D eigenvalue weighted by molar-refractivity contribution is 5.82. The van der Waals surface area contributed by atoms with Gasteiger partial charge in [-0.3, -0.25) is 14.7 Å². The molecular formula is C20H26N2O2. The Labute approximate surface area is 143 Å². The Bertz CT molecular complexity index is 693. The molecule has 1 saturated heterocycles. The second-order valence-corrected chi connectivity index (χ2v) is 6.79. The van der Waals surface area contributed by atoms with E-state index in [1.807, 2.05) is 12.4 Å². The van der Waals surface area contributed by atoms with Crippen molar-refractivity contribution in [2.24, 2.45) is 5.92 Å². The Morgan fingerprint density at radius 2 is 2.08 bits per heavy atom. The predicted octanol–water partition coefficient (Wildman–Crippen LogP) is 4.26. The van der Waals surface area contributed by atoms with Gasteiger partial charge in [-0.1, -0.05) is 31.9 Å². The number of carbonyl (C=O) groups is 1. The number of fused-ring (bicyclic) bond motifs is 1. The van der Waals surface area contributed by atoms with Crippen LogP contribution >= 0.6 is 0 Å². The van der Waals surface area contributed by atoms with E-state index in [9.17, 15) is 9.90 Å². The fraction of sp³-hybridized carbons (Fsp3) is 0.500.